The van der Waals surface area contributed by atoms with Crippen molar-refractivity contribution in [3.63, 3.8) is 0 Å². The lowest BCUT2D eigenvalue weighted by Crippen LogP contribution is -2.55. The average molecular weight is 530 g/mol. The van der Waals surface area contributed by atoms with E-state index in [1.54, 1.807) is 19.9 Å². The zero-order chi connectivity index (χ0) is 27.7. The maximum absolute atomic E-state index is 16.2. The largest absolute Gasteiger partial charge is 0.447 e. The molecule has 1 aromatic heterocycles. The number of amides is 2. The van der Waals surface area contributed by atoms with Crippen LogP contribution in [0.1, 0.15) is 43.6 Å². The molecule has 0 bridgehead atoms. The summed E-state index contributed by atoms with van der Waals surface area (Å²) >= 11 is 0. The number of aromatic nitrogens is 1. The van der Waals surface area contributed by atoms with E-state index in [0.29, 0.717) is 13.1 Å². The lowest BCUT2D eigenvalue weighted by Gasteiger charge is -2.44. The third-order valence-corrected chi connectivity index (χ3v) is 7.02. The van der Waals surface area contributed by atoms with Gasteiger partial charge in [-0.25, -0.2) is 13.6 Å². The number of rotatable bonds is 5. The fraction of sp³-hybridized carbons (Fsp3) is 0.444. The van der Waals surface area contributed by atoms with E-state index < -0.39 is 23.6 Å². The Bertz CT molecular complexity index is 1290. The summed E-state index contributed by atoms with van der Waals surface area (Å²) in [6.07, 6.45) is 1.91. The van der Waals surface area contributed by atoms with Crippen LogP contribution in [-0.4, -0.2) is 78.2 Å². The van der Waals surface area contributed by atoms with Gasteiger partial charge in [0.05, 0.1) is 22.9 Å². The third-order valence-electron chi connectivity index (χ3n) is 7.02. The van der Waals surface area contributed by atoms with Gasteiger partial charge in [-0.3, -0.25) is 14.5 Å². The Morgan fingerprint density at radius 3 is 2.45 bits per heavy atom. The first-order valence-electron chi connectivity index (χ1n) is 12.6. The van der Waals surface area contributed by atoms with Crippen LogP contribution in [0, 0.1) is 11.6 Å². The molecule has 9 nitrogen and oxygen atoms in total. The number of benzene rings is 1. The summed E-state index contributed by atoms with van der Waals surface area (Å²) in [6, 6.07) is 3.96. The van der Waals surface area contributed by atoms with Crippen molar-refractivity contribution < 1.29 is 23.1 Å². The zero-order valence-corrected chi connectivity index (χ0v) is 22.2. The van der Waals surface area contributed by atoms with E-state index in [-0.39, 0.29) is 64.9 Å². The number of piperazine rings is 1. The van der Waals surface area contributed by atoms with Crippen LogP contribution in [0.25, 0.3) is 5.57 Å². The topological polar surface area (TPSA) is 98.0 Å². The molecule has 2 amide bonds. The van der Waals surface area contributed by atoms with Crippen LogP contribution < -0.4 is 15.8 Å². The fourth-order valence-corrected chi connectivity index (χ4v) is 4.76. The Morgan fingerprint density at radius 1 is 1.16 bits per heavy atom. The summed E-state index contributed by atoms with van der Waals surface area (Å²) in [6.45, 7) is 8.60. The number of anilines is 2. The Balaban J connectivity index is 1.73. The molecule has 0 aliphatic carbocycles. The summed E-state index contributed by atoms with van der Waals surface area (Å²) < 4.78 is 37.0. The monoisotopic (exact) mass is 529 g/mol. The number of halogens is 2. The van der Waals surface area contributed by atoms with Gasteiger partial charge < -0.3 is 24.8 Å². The van der Waals surface area contributed by atoms with Crippen LogP contribution in [0.3, 0.4) is 0 Å². The molecular weight excluding hydrogens is 496 g/mol. The minimum absolute atomic E-state index is 0.0331. The van der Waals surface area contributed by atoms with E-state index in [1.807, 2.05) is 25.8 Å². The minimum Gasteiger partial charge on any atom is -0.447 e. The second-order valence-electron chi connectivity index (χ2n) is 10.1. The van der Waals surface area contributed by atoms with Gasteiger partial charge in [-0.1, -0.05) is 6.08 Å². The number of hydrogen-bond acceptors (Lipinski definition) is 6. The van der Waals surface area contributed by atoms with Gasteiger partial charge in [0, 0.05) is 56.6 Å². The van der Waals surface area contributed by atoms with Crippen molar-refractivity contribution in [3.8, 4) is 0 Å². The molecule has 38 heavy (non-hydrogen) atoms. The molecule has 0 radical (unpaired) electrons. The summed E-state index contributed by atoms with van der Waals surface area (Å²) in [4.78, 5) is 44.6. The number of H-pyrrole nitrogens is 1. The number of pyridine rings is 1. The van der Waals surface area contributed by atoms with Gasteiger partial charge in [-0.05, 0) is 46.4 Å². The van der Waals surface area contributed by atoms with E-state index >= 15 is 8.78 Å². The van der Waals surface area contributed by atoms with E-state index in [9.17, 15) is 14.4 Å². The van der Waals surface area contributed by atoms with Gasteiger partial charge in [0.1, 0.15) is 11.5 Å². The Morgan fingerprint density at radius 2 is 1.84 bits per heavy atom. The zero-order valence-electron chi connectivity index (χ0n) is 22.2. The molecular formula is C27H33F2N5O4. The first-order chi connectivity index (χ1) is 18.0. The molecule has 2 atom stereocenters. The van der Waals surface area contributed by atoms with Crippen LogP contribution >= 0.6 is 0 Å². The molecule has 2 N–H and O–H groups in total. The van der Waals surface area contributed by atoms with Gasteiger partial charge in [-0.15, -0.1) is 0 Å². The third kappa shape index (κ3) is 5.57. The summed E-state index contributed by atoms with van der Waals surface area (Å²) in [7, 11) is 2.00. The summed E-state index contributed by atoms with van der Waals surface area (Å²) in [5.41, 5.74) is -0.226. The van der Waals surface area contributed by atoms with Crippen molar-refractivity contribution in [2.24, 2.45) is 0 Å². The van der Waals surface area contributed by atoms with Gasteiger partial charge in [0.25, 0.3) is 5.91 Å². The number of aromatic amines is 1. The second kappa shape index (κ2) is 10.9. The molecule has 1 saturated heterocycles. The maximum Gasteiger partial charge on any atom is 0.410 e. The van der Waals surface area contributed by atoms with Crippen LogP contribution in [0.4, 0.5) is 25.0 Å². The number of carbonyl (C=O) groups is 2. The van der Waals surface area contributed by atoms with Crippen molar-refractivity contribution in [1.82, 2.24) is 14.8 Å². The first-order valence-corrected chi connectivity index (χ1v) is 12.6. The van der Waals surface area contributed by atoms with E-state index in [4.69, 9.17) is 4.74 Å². The number of nitrogens with one attached hydrogen (secondary N) is 2. The SMILES string of the molecule is CC(C)OC(=O)N1CC=C(c2c(F)cc(N3CC(C)N(C)C(C)C3)c(NC(=O)c3ccc(=O)[nH]c3)c2F)C1. The molecule has 11 heteroatoms. The van der Waals surface area contributed by atoms with E-state index in [2.05, 4.69) is 15.2 Å². The van der Waals surface area contributed by atoms with Crippen molar-refractivity contribution >= 4 is 28.9 Å². The van der Waals surface area contributed by atoms with Crippen LogP contribution in [-0.2, 0) is 4.74 Å². The van der Waals surface area contributed by atoms with E-state index in [0.717, 1.165) is 0 Å². The Labute approximate surface area is 220 Å². The van der Waals surface area contributed by atoms with Crippen molar-refractivity contribution in [2.75, 3.05) is 43.4 Å². The predicted octanol–water partition coefficient (Wildman–Crippen LogP) is 3.68. The number of ether oxygens (including phenoxy) is 1. The van der Waals surface area contributed by atoms with Crippen molar-refractivity contribution in [1.29, 1.82) is 0 Å². The maximum atomic E-state index is 16.2. The second-order valence-corrected chi connectivity index (χ2v) is 10.1. The van der Waals surface area contributed by atoms with Gasteiger partial charge >= 0.3 is 6.09 Å². The highest BCUT2D eigenvalue weighted by molar-refractivity contribution is 6.06. The average Bonchev–Trinajstić information content (AvgIpc) is 3.33. The van der Waals surface area contributed by atoms with Gasteiger partial charge in [-0.2, -0.15) is 0 Å². The van der Waals surface area contributed by atoms with Gasteiger partial charge in [0.2, 0.25) is 5.56 Å². The highest BCUT2D eigenvalue weighted by atomic mass is 19.1. The number of carbonyl (C=O) groups excluding carboxylic acids is 2. The van der Waals surface area contributed by atoms with Crippen LogP contribution in [0.2, 0.25) is 0 Å². The summed E-state index contributed by atoms with van der Waals surface area (Å²) in [5, 5.41) is 2.61. The molecule has 204 valence electrons. The molecule has 2 aromatic rings. The lowest BCUT2D eigenvalue weighted by molar-refractivity contribution is 0.0853. The van der Waals surface area contributed by atoms with Crippen molar-refractivity contribution in [3.05, 3.63) is 63.6 Å². The minimum atomic E-state index is -0.928. The standard InChI is InChI=1S/C27H33F2N5O4/c1-15(2)38-27(37)33-9-8-19(14-33)23-20(28)10-21(34-12-16(3)32(5)17(4)13-34)25(24(23)29)31-26(36)18-6-7-22(35)30-11-18/h6-8,10-11,15-17H,9,12-14H2,1-5H3,(H,30,35)(H,31,36). The molecule has 1 aromatic carbocycles. The number of likely N-dealkylation sites (N-methyl/N-ethyl adjacent to an activating group) is 1. The van der Waals surface area contributed by atoms with Crippen LogP contribution in [0.15, 0.2) is 35.3 Å². The van der Waals surface area contributed by atoms with E-state index in [1.165, 1.54) is 29.3 Å². The molecule has 0 saturated carbocycles. The normalized spacial score (nSPS) is 20.1. The molecule has 2 aliphatic heterocycles. The highest BCUT2D eigenvalue weighted by Crippen LogP contribution is 2.39. The smallest absolute Gasteiger partial charge is 0.410 e. The number of hydrogen-bond donors (Lipinski definition) is 2. The molecule has 1 fully saturated rings. The lowest BCUT2D eigenvalue weighted by atomic mass is 10.0. The quantitative estimate of drug-likeness (QED) is 0.614. The van der Waals surface area contributed by atoms with Crippen LogP contribution in [0.5, 0.6) is 0 Å². The highest BCUT2D eigenvalue weighted by Gasteiger charge is 2.33. The molecule has 2 aliphatic rings. The molecule has 4 rings (SSSR count). The molecule has 2 unspecified atom stereocenters. The van der Waals surface area contributed by atoms with Crippen molar-refractivity contribution in [2.45, 2.75) is 45.9 Å². The summed E-state index contributed by atoms with van der Waals surface area (Å²) in [5.74, 6) is -2.37. The fourth-order valence-electron chi connectivity index (χ4n) is 4.76. The van der Waals surface area contributed by atoms with Gasteiger partial charge in [0.15, 0.2) is 5.82 Å². The Kier molecular flexibility index (Phi) is 7.86. The first kappa shape index (κ1) is 27.3. The molecule has 3 heterocycles. The number of nitrogens with zero attached hydrogens (tertiary/aromatic N) is 3. The Hall–Kier alpha value is -3.73. The predicted molar refractivity (Wildman–Crippen MR) is 141 cm³/mol. The molecule has 0 spiro atoms.